The Hall–Kier alpha value is -3.81. The molecule has 4 rings (SSSR count). The van der Waals surface area contributed by atoms with Crippen LogP contribution < -0.4 is 19.7 Å². The number of carbonyl (C=O) groups is 3. The predicted octanol–water partition coefficient (Wildman–Crippen LogP) is 5.25. The normalized spacial score (nSPS) is 14.9. The molecule has 172 valence electrons. The highest BCUT2D eigenvalue weighted by Gasteiger charge is 2.37. The molecule has 1 aliphatic heterocycles. The first-order chi connectivity index (χ1) is 16.4. The van der Waals surface area contributed by atoms with Crippen molar-refractivity contribution in [2.24, 2.45) is 0 Å². The van der Waals surface area contributed by atoms with Crippen LogP contribution in [0, 0.1) is 0 Å². The quantitative estimate of drug-likeness (QED) is 0.372. The summed E-state index contributed by atoms with van der Waals surface area (Å²) >= 11 is 12.1. The van der Waals surface area contributed by atoms with Gasteiger partial charge < -0.3 is 9.47 Å². The second-order valence-electron chi connectivity index (χ2n) is 7.25. The number of nitrogens with zero attached hydrogens (tertiary/aromatic N) is 1. The maximum absolute atomic E-state index is 13.2. The number of hydrogen-bond donors (Lipinski definition) is 1. The molecular formula is C25H18Cl2N2O5. The molecule has 34 heavy (non-hydrogen) atoms. The van der Waals surface area contributed by atoms with Crippen LogP contribution in [0.15, 0.2) is 72.3 Å². The molecule has 0 saturated carbocycles. The van der Waals surface area contributed by atoms with Crippen LogP contribution in [0.1, 0.15) is 11.1 Å². The lowest BCUT2D eigenvalue weighted by atomic mass is 10.1. The number of anilines is 1. The molecule has 9 heteroatoms. The Morgan fingerprint density at radius 2 is 1.59 bits per heavy atom. The lowest BCUT2D eigenvalue weighted by Gasteiger charge is -2.26. The van der Waals surface area contributed by atoms with Gasteiger partial charge in [0, 0.05) is 15.6 Å². The van der Waals surface area contributed by atoms with Gasteiger partial charge in [0.15, 0.2) is 0 Å². The van der Waals surface area contributed by atoms with E-state index in [1.165, 1.54) is 13.2 Å². The summed E-state index contributed by atoms with van der Waals surface area (Å²) in [4.78, 5) is 39.0. The van der Waals surface area contributed by atoms with Gasteiger partial charge >= 0.3 is 6.03 Å². The molecule has 0 spiro atoms. The maximum atomic E-state index is 13.2. The second kappa shape index (κ2) is 9.99. The second-order valence-corrected chi connectivity index (χ2v) is 8.13. The summed E-state index contributed by atoms with van der Waals surface area (Å²) in [6.45, 7) is 0.228. The van der Waals surface area contributed by atoms with Crippen LogP contribution >= 0.6 is 23.2 Å². The Bertz CT molecular complexity index is 1290. The van der Waals surface area contributed by atoms with Crippen LogP contribution in [0.25, 0.3) is 6.08 Å². The highest BCUT2D eigenvalue weighted by Crippen LogP contribution is 2.29. The van der Waals surface area contributed by atoms with E-state index < -0.39 is 17.8 Å². The van der Waals surface area contributed by atoms with Crippen LogP contribution in [0.5, 0.6) is 11.5 Å². The number of amides is 4. The van der Waals surface area contributed by atoms with Gasteiger partial charge in [-0.3, -0.25) is 14.9 Å². The number of barbiturate groups is 1. The van der Waals surface area contributed by atoms with Crippen LogP contribution in [-0.4, -0.2) is 25.0 Å². The lowest BCUT2D eigenvalue weighted by molar-refractivity contribution is -0.122. The van der Waals surface area contributed by atoms with E-state index in [-0.39, 0.29) is 17.9 Å². The predicted molar refractivity (Wildman–Crippen MR) is 129 cm³/mol. The van der Waals surface area contributed by atoms with Crippen LogP contribution in [0.4, 0.5) is 10.5 Å². The molecule has 0 radical (unpaired) electrons. The number of halogens is 2. The summed E-state index contributed by atoms with van der Waals surface area (Å²) in [6.07, 6.45) is 1.35. The third-order valence-corrected chi connectivity index (χ3v) is 5.50. The monoisotopic (exact) mass is 496 g/mol. The summed E-state index contributed by atoms with van der Waals surface area (Å²) < 4.78 is 11.0. The molecule has 1 saturated heterocycles. The van der Waals surface area contributed by atoms with E-state index in [9.17, 15) is 14.4 Å². The molecule has 3 aromatic rings. The molecule has 0 bridgehead atoms. The third-order valence-electron chi connectivity index (χ3n) is 5.01. The molecule has 1 fully saturated rings. The number of carbonyl (C=O) groups excluding carboxylic acids is 3. The Kier molecular flexibility index (Phi) is 6.86. The largest absolute Gasteiger partial charge is 0.497 e. The van der Waals surface area contributed by atoms with Crippen molar-refractivity contribution in [2.45, 2.75) is 6.61 Å². The van der Waals surface area contributed by atoms with Gasteiger partial charge in [-0.15, -0.1) is 0 Å². The van der Waals surface area contributed by atoms with E-state index >= 15 is 0 Å². The first-order valence-electron chi connectivity index (χ1n) is 10.1. The van der Waals surface area contributed by atoms with Gasteiger partial charge in [0.25, 0.3) is 11.8 Å². The molecule has 0 aliphatic carbocycles. The number of ether oxygens (including phenoxy) is 2. The summed E-state index contributed by atoms with van der Waals surface area (Å²) in [6, 6.07) is 17.5. The molecule has 7 nitrogen and oxygen atoms in total. The fourth-order valence-corrected chi connectivity index (χ4v) is 3.59. The molecular weight excluding hydrogens is 479 g/mol. The molecule has 1 heterocycles. The van der Waals surface area contributed by atoms with Gasteiger partial charge in [-0.05, 0) is 66.2 Å². The van der Waals surface area contributed by atoms with Gasteiger partial charge in [0.1, 0.15) is 23.7 Å². The number of urea groups is 1. The highest BCUT2D eigenvalue weighted by molar-refractivity contribution is 6.39. The van der Waals surface area contributed by atoms with Crippen molar-refractivity contribution in [3.8, 4) is 11.5 Å². The maximum Gasteiger partial charge on any atom is 0.335 e. The summed E-state index contributed by atoms with van der Waals surface area (Å²) in [5.74, 6) is -0.631. The zero-order chi connectivity index (χ0) is 24.2. The van der Waals surface area contributed by atoms with Gasteiger partial charge in [0.05, 0.1) is 12.8 Å². The summed E-state index contributed by atoms with van der Waals surface area (Å²) in [5.41, 5.74) is 1.32. The van der Waals surface area contributed by atoms with E-state index in [1.54, 1.807) is 54.6 Å². The van der Waals surface area contributed by atoms with Crippen LogP contribution in [-0.2, 0) is 16.2 Å². The first kappa shape index (κ1) is 23.4. The van der Waals surface area contributed by atoms with E-state index in [1.807, 2.05) is 12.1 Å². The summed E-state index contributed by atoms with van der Waals surface area (Å²) in [7, 11) is 1.50. The molecule has 3 aromatic carbocycles. The van der Waals surface area contributed by atoms with Crippen molar-refractivity contribution < 1.29 is 23.9 Å². The van der Waals surface area contributed by atoms with Crippen molar-refractivity contribution >= 4 is 52.8 Å². The number of imide groups is 2. The standard InChI is InChI=1S/C25H18Cl2N2O5/c1-33-20-9-7-19(8-10-20)29-24(31)21(23(30)28-25(29)32)13-16-12-18(27)6-11-22(16)34-14-15-2-4-17(26)5-3-15/h2-13H,14H2,1H3,(H,28,30,32)/b21-13+. The van der Waals surface area contributed by atoms with E-state index in [0.29, 0.717) is 27.1 Å². The number of rotatable bonds is 6. The Balaban J connectivity index is 1.65. The van der Waals surface area contributed by atoms with Crippen LogP contribution in [0.2, 0.25) is 10.0 Å². The third kappa shape index (κ3) is 5.06. The smallest absolute Gasteiger partial charge is 0.335 e. The number of methoxy groups -OCH3 is 1. The van der Waals surface area contributed by atoms with Crippen molar-refractivity contribution in [2.75, 3.05) is 12.0 Å². The lowest BCUT2D eigenvalue weighted by Crippen LogP contribution is -2.54. The van der Waals surface area contributed by atoms with Gasteiger partial charge in [-0.1, -0.05) is 35.3 Å². The summed E-state index contributed by atoms with van der Waals surface area (Å²) in [5, 5.41) is 3.19. The van der Waals surface area contributed by atoms with Crippen molar-refractivity contribution in [1.82, 2.24) is 5.32 Å². The average Bonchev–Trinajstić information content (AvgIpc) is 2.82. The van der Waals surface area contributed by atoms with E-state index in [4.69, 9.17) is 32.7 Å². The number of benzene rings is 3. The topological polar surface area (TPSA) is 84.9 Å². The fraction of sp³-hybridized carbons (Fsp3) is 0.0800. The zero-order valence-electron chi connectivity index (χ0n) is 17.9. The first-order valence-corrected chi connectivity index (χ1v) is 10.8. The molecule has 1 N–H and O–H groups in total. The van der Waals surface area contributed by atoms with Crippen LogP contribution in [0.3, 0.4) is 0 Å². The van der Waals surface area contributed by atoms with Gasteiger partial charge in [0.2, 0.25) is 0 Å². The minimum absolute atomic E-state index is 0.228. The number of nitrogens with one attached hydrogen (secondary N) is 1. The molecule has 4 amide bonds. The molecule has 0 atom stereocenters. The van der Waals surface area contributed by atoms with Gasteiger partial charge in [-0.2, -0.15) is 0 Å². The average molecular weight is 497 g/mol. The fourth-order valence-electron chi connectivity index (χ4n) is 3.28. The Morgan fingerprint density at radius 3 is 2.26 bits per heavy atom. The zero-order valence-corrected chi connectivity index (χ0v) is 19.4. The Labute approximate surface area is 205 Å². The van der Waals surface area contributed by atoms with Crippen molar-refractivity contribution in [3.05, 3.63) is 93.5 Å². The number of hydrogen-bond acceptors (Lipinski definition) is 5. The van der Waals surface area contributed by atoms with Crippen molar-refractivity contribution in [3.63, 3.8) is 0 Å². The van der Waals surface area contributed by atoms with E-state index in [0.717, 1.165) is 10.5 Å². The SMILES string of the molecule is COc1ccc(N2C(=O)NC(=O)/C(=C\c3cc(Cl)ccc3OCc3ccc(Cl)cc3)C2=O)cc1. The van der Waals surface area contributed by atoms with E-state index in [2.05, 4.69) is 5.32 Å². The minimum atomic E-state index is -0.845. The molecule has 0 unspecified atom stereocenters. The molecule has 0 aromatic heterocycles. The van der Waals surface area contributed by atoms with Gasteiger partial charge in [-0.25, -0.2) is 9.69 Å². The highest BCUT2D eigenvalue weighted by atomic mass is 35.5. The Morgan fingerprint density at radius 1 is 0.912 bits per heavy atom. The minimum Gasteiger partial charge on any atom is -0.497 e. The molecule has 1 aliphatic rings. The van der Waals surface area contributed by atoms with Crippen molar-refractivity contribution in [1.29, 1.82) is 0 Å².